The molecule has 0 fully saturated rings. The average molecular weight is 328 g/mol. The molecule has 0 aliphatic carbocycles. The minimum Gasteiger partial charge on any atom is -0.198 e. The smallest absolute Gasteiger partial charge is 0.144 e. The van der Waals surface area contributed by atoms with Gasteiger partial charge in [0.1, 0.15) is 44.1 Å². The van der Waals surface area contributed by atoms with Gasteiger partial charge in [-0.3, -0.25) is 0 Å². The minimum atomic E-state index is 1.03. The van der Waals surface area contributed by atoms with Crippen LogP contribution in [-0.4, -0.2) is 78.7 Å². The van der Waals surface area contributed by atoms with Crippen molar-refractivity contribution in [3.8, 4) is 0 Å². The summed E-state index contributed by atoms with van der Waals surface area (Å²) in [5, 5.41) is 26.1. The van der Waals surface area contributed by atoms with E-state index in [2.05, 4.69) is 41.7 Å². The lowest BCUT2D eigenvalue weighted by molar-refractivity contribution is 0.508. The predicted molar refractivity (Wildman–Crippen MR) is 77.7 cm³/mol. The van der Waals surface area contributed by atoms with Crippen LogP contribution in [0.2, 0.25) is 0 Å². The Balaban J connectivity index is 1.98. The molecule has 16 heteroatoms. The molecule has 16 nitrogen and oxygen atoms in total. The second-order valence-electron chi connectivity index (χ2n) is 6.27. The third kappa shape index (κ3) is 0.592. The fourth-order valence-corrected chi connectivity index (χ4v) is 4.37. The first-order valence-electron chi connectivity index (χ1n) is 7.37. The Morgan fingerprint density at radius 1 is 0.250 bits per heavy atom. The average Bonchev–Trinajstić information content (AvgIpc) is 3.25. The van der Waals surface area contributed by atoms with Gasteiger partial charge < -0.3 is 0 Å². The van der Waals surface area contributed by atoms with Gasteiger partial charge in [0.05, 0.1) is 0 Å². The van der Waals surface area contributed by atoms with Crippen LogP contribution < -0.4 is 0 Å². The Bertz CT molecular complexity index is 1360. The molecule has 9 rings (SSSR count). The molecular formula is C8H8N16. The van der Waals surface area contributed by atoms with E-state index in [1.807, 2.05) is 37.0 Å². The van der Waals surface area contributed by atoms with E-state index >= 15 is 0 Å². The van der Waals surface area contributed by atoms with Crippen LogP contribution in [0.25, 0.3) is 44.1 Å². The molecule has 120 valence electrons. The van der Waals surface area contributed by atoms with Gasteiger partial charge in [0.15, 0.2) is 0 Å². The molecule has 0 aliphatic heterocycles. The van der Waals surface area contributed by atoms with Crippen LogP contribution in [0.1, 0.15) is 0 Å². The van der Waals surface area contributed by atoms with Crippen LogP contribution in [0, 0.1) is 0 Å². The number of H-pyrrole nitrogens is 8. The molecule has 0 atom stereocenters. The summed E-state index contributed by atoms with van der Waals surface area (Å²) in [6.45, 7) is 0. The fourth-order valence-electron chi connectivity index (χ4n) is 4.37. The van der Waals surface area contributed by atoms with E-state index in [0.29, 0.717) is 0 Å². The molecule has 0 aliphatic rings. The van der Waals surface area contributed by atoms with Crippen LogP contribution in [0.15, 0.2) is 0 Å². The van der Waals surface area contributed by atoms with Crippen LogP contribution >= 0.6 is 0 Å². The normalized spacial score (nSPS) is 14.7. The zero-order valence-electron chi connectivity index (χ0n) is 11.6. The molecule has 9 aromatic rings. The Morgan fingerprint density at radius 3 is 0.500 bits per heavy atom. The standard InChI is InChI=1S/C8H8N16/c9-17-1-2-4-6-8-7-5-3(1)19(10-17)12-21(5)14-23(7)16-24(8)15-22(6)13-20(4)11-18(2)9/h9-16H. The van der Waals surface area contributed by atoms with Gasteiger partial charge in [-0.05, 0) is 0 Å². The highest BCUT2D eigenvalue weighted by Gasteiger charge is 2.29. The minimum absolute atomic E-state index is 1.03. The number of hydrogen-bond donors (Lipinski definition) is 8. The third-order valence-electron chi connectivity index (χ3n) is 5.18. The topological polar surface area (TPSA) is 162 Å². The molecule has 1 aromatic carbocycles. The number of aromatic amines is 8. The van der Waals surface area contributed by atoms with Gasteiger partial charge >= 0.3 is 0 Å². The van der Waals surface area contributed by atoms with Crippen LogP contribution in [0.4, 0.5) is 0 Å². The number of nitrogens with zero attached hydrogens (tertiary/aromatic N) is 8. The number of nitrogens with one attached hydrogen (secondary N) is 8. The van der Waals surface area contributed by atoms with E-state index in [0.717, 1.165) is 44.1 Å². The first-order chi connectivity index (χ1) is 11.9. The molecule has 0 saturated heterocycles. The van der Waals surface area contributed by atoms with E-state index in [1.165, 1.54) is 0 Å². The number of aromatic nitrogens is 16. The Kier molecular flexibility index (Phi) is 0.830. The summed E-state index contributed by atoms with van der Waals surface area (Å²) in [6, 6.07) is 0. The predicted octanol–water partition coefficient (Wildman–Crippen LogP) is -1.10. The lowest BCUT2D eigenvalue weighted by atomic mass is 10.2. The van der Waals surface area contributed by atoms with Crippen LogP contribution in [0.5, 0.6) is 0 Å². The zero-order valence-corrected chi connectivity index (χ0v) is 11.6. The Hall–Kier alpha value is -4.24. The molecule has 8 aromatic heterocycles. The maximum Gasteiger partial charge on any atom is 0.144 e. The van der Waals surface area contributed by atoms with E-state index in [-0.39, 0.29) is 0 Å². The summed E-state index contributed by atoms with van der Waals surface area (Å²) >= 11 is 0. The highest BCUT2D eigenvalue weighted by Crippen LogP contribution is 2.35. The highest BCUT2D eigenvalue weighted by molar-refractivity contribution is 6.19. The van der Waals surface area contributed by atoms with Crippen molar-refractivity contribution >= 4 is 44.1 Å². The van der Waals surface area contributed by atoms with Crippen molar-refractivity contribution in [3.63, 3.8) is 0 Å². The van der Waals surface area contributed by atoms with Gasteiger partial charge in [-0.15, -0.1) is 0 Å². The first-order valence-corrected chi connectivity index (χ1v) is 7.37. The zero-order chi connectivity index (χ0) is 14.9. The van der Waals surface area contributed by atoms with Gasteiger partial charge in [-0.2, -0.15) is 78.7 Å². The van der Waals surface area contributed by atoms with Gasteiger partial charge in [0.2, 0.25) is 0 Å². The van der Waals surface area contributed by atoms with Crippen molar-refractivity contribution in [1.29, 1.82) is 0 Å². The quantitative estimate of drug-likeness (QED) is 0.170. The first kappa shape index (κ1) is 9.02. The van der Waals surface area contributed by atoms with Crippen molar-refractivity contribution < 1.29 is 0 Å². The van der Waals surface area contributed by atoms with E-state index in [9.17, 15) is 0 Å². The highest BCUT2D eigenvalue weighted by atomic mass is 15.8. The molecule has 0 bridgehead atoms. The van der Waals surface area contributed by atoms with Gasteiger partial charge in [-0.25, -0.2) is 0 Å². The maximum absolute atomic E-state index is 3.26. The van der Waals surface area contributed by atoms with Crippen molar-refractivity contribution in [2.24, 2.45) is 0 Å². The third-order valence-corrected chi connectivity index (χ3v) is 5.18. The Morgan fingerprint density at radius 2 is 0.375 bits per heavy atom. The number of rotatable bonds is 0. The van der Waals surface area contributed by atoms with Gasteiger partial charge in [0, 0.05) is 0 Å². The molecule has 0 saturated carbocycles. The number of hydrogen-bond acceptors (Lipinski definition) is 0. The molecule has 8 heterocycles. The molecule has 0 unspecified atom stereocenters. The fraction of sp³-hybridized carbons (Fsp3) is 0. The van der Waals surface area contributed by atoms with E-state index in [1.54, 1.807) is 0 Å². The SMILES string of the molecule is [nH]1n2[nH]n3[nH]n4[nH]n5[nH]n6[nH]n7[nH]n8[nH]n1c1c2c3c4c5c6c7c18. The van der Waals surface area contributed by atoms with Crippen molar-refractivity contribution in [2.45, 2.75) is 0 Å². The van der Waals surface area contributed by atoms with Gasteiger partial charge in [-0.1, -0.05) is 0 Å². The molecule has 8 N–H and O–H groups in total. The maximum atomic E-state index is 3.26. The lowest BCUT2D eigenvalue weighted by Crippen LogP contribution is -2.04. The van der Waals surface area contributed by atoms with Crippen molar-refractivity contribution in [3.05, 3.63) is 0 Å². The molecule has 24 heavy (non-hydrogen) atoms. The summed E-state index contributed by atoms with van der Waals surface area (Å²) in [6.07, 6.45) is 0. The van der Waals surface area contributed by atoms with E-state index < -0.39 is 0 Å². The summed E-state index contributed by atoms with van der Waals surface area (Å²) in [5.74, 6) is 0. The lowest BCUT2D eigenvalue weighted by Gasteiger charge is -1.90. The summed E-state index contributed by atoms with van der Waals surface area (Å²) < 4.78 is 15.0. The summed E-state index contributed by atoms with van der Waals surface area (Å²) in [5.41, 5.74) is 8.23. The summed E-state index contributed by atoms with van der Waals surface area (Å²) in [4.78, 5) is 0. The van der Waals surface area contributed by atoms with E-state index in [4.69, 9.17) is 0 Å². The second kappa shape index (κ2) is 2.21. The summed E-state index contributed by atoms with van der Waals surface area (Å²) in [7, 11) is 0. The van der Waals surface area contributed by atoms with Crippen molar-refractivity contribution in [1.82, 2.24) is 78.7 Å². The van der Waals surface area contributed by atoms with Crippen LogP contribution in [-0.2, 0) is 0 Å². The molecule has 0 radical (unpaired) electrons. The largest absolute Gasteiger partial charge is 0.198 e. The second-order valence-corrected chi connectivity index (χ2v) is 6.27. The van der Waals surface area contributed by atoms with Crippen LogP contribution in [0.3, 0.4) is 0 Å². The van der Waals surface area contributed by atoms with Gasteiger partial charge in [0.25, 0.3) is 0 Å². The Labute approximate surface area is 124 Å². The molecular weight excluding hydrogens is 320 g/mol. The molecule has 0 spiro atoms. The molecule has 0 amide bonds. The monoisotopic (exact) mass is 328 g/mol. The van der Waals surface area contributed by atoms with Crippen molar-refractivity contribution in [2.75, 3.05) is 0 Å².